The van der Waals surface area contributed by atoms with Gasteiger partial charge >= 0.3 is 5.97 Å². The summed E-state index contributed by atoms with van der Waals surface area (Å²) in [6.07, 6.45) is 0. The molecule has 7 nitrogen and oxygen atoms in total. The third kappa shape index (κ3) is 4.87. The average molecular weight is 344 g/mol. The molecule has 0 unspecified atom stereocenters. The van der Waals surface area contributed by atoms with E-state index in [1.165, 1.54) is 14.2 Å². The Morgan fingerprint density at radius 2 is 1.76 bits per heavy atom. The van der Waals surface area contributed by atoms with Crippen LogP contribution in [0.4, 0.5) is 0 Å². The van der Waals surface area contributed by atoms with Crippen LogP contribution in [0.5, 0.6) is 17.2 Å². The van der Waals surface area contributed by atoms with E-state index in [4.69, 9.17) is 24.8 Å². The van der Waals surface area contributed by atoms with E-state index >= 15 is 0 Å². The van der Waals surface area contributed by atoms with E-state index in [-0.39, 0.29) is 12.4 Å². The number of aryl methyl sites for hydroxylation is 1. The lowest BCUT2D eigenvalue weighted by Gasteiger charge is -2.09. The van der Waals surface area contributed by atoms with Gasteiger partial charge in [-0.25, -0.2) is 4.79 Å². The number of amidine groups is 1. The average Bonchev–Trinajstić information content (AvgIpc) is 2.64. The molecule has 0 atom stereocenters. The van der Waals surface area contributed by atoms with Gasteiger partial charge in [0, 0.05) is 5.56 Å². The summed E-state index contributed by atoms with van der Waals surface area (Å²) in [5.74, 6) is 1.03. The van der Waals surface area contributed by atoms with Crippen LogP contribution in [0.3, 0.4) is 0 Å². The van der Waals surface area contributed by atoms with Crippen molar-refractivity contribution in [3.63, 3.8) is 0 Å². The maximum atomic E-state index is 11.7. The lowest BCUT2D eigenvalue weighted by Crippen LogP contribution is -2.18. The van der Waals surface area contributed by atoms with E-state index in [9.17, 15) is 4.79 Å². The molecule has 0 saturated carbocycles. The van der Waals surface area contributed by atoms with E-state index in [2.05, 4.69) is 5.16 Å². The van der Waals surface area contributed by atoms with Gasteiger partial charge in [0.05, 0.1) is 14.2 Å². The van der Waals surface area contributed by atoms with Gasteiger partial charge in [-0.05, 0) is 36.8 Å². The fourth-order valence-corrected chi connectivity index (χ4v) is 2.03. The molecule has 0 aromatic heterocycles. The van der Waals surface area contributed by atoms with Crippen LogP contribution < -0.4 is 19.9 Å². The summed E-state index contributed by atoms with van der Waals surface area (Å²) >= 11 is 0. The molecule has 0 aliphatic rings. The number of para-hydroxylation sites is 1. The number of hydrogen-bond donors (Lipinski definition) is 1. The number of hydrogen-bond acceptors (Lipinski definition) is 6. The molecule has 2 aromatic carbocycles. The molecular weight excluding hydrogens is 324 g/mol. The Hall–Kier alpha value is -3.22. The topological polar surface area (TPSA) is 92.4 Å². The molecule has 25 heavy (non-hydrogen) atoms. The van der Waals surface area contributed by atoms with Gasteiger partial charge < -0.3 is 24.8 Å². The number of oxime groups is 1. The van der Waals surface area contributed by atoms with E-state index in [1.54, 1.807) is 24.3 Å². The standard InChI is InChI=1S/C18H20N2O5/c1-12-6-4-5-7-14(12)24-11-17(21)25-20-18(19)13-8-9-15(22-2)16(10-13)23-3/h4-10H,11H2,1-3H3,(H2,19,20). The Morgan fingerprint density at radius 1 is 1.04 bits per heavy atom. The quantitative estimate of drug-likeness (QED) is 0.358. The number of nitrogens with two attached hydrogens (primary N) is 1. The van der Waals surface area contributed by atoms with Crippen LogP contribution in [0.2, 0.25) is 0 Å². The van der Waals surface area contributed by atoms with E-state index < -0.39 is 5.97 Å². The van der Waals surface area contributed by atoms with Crippen molar-refractivity contribution in [3.05, 3.63) is 53.6 Å². The van der Waals surface area contributed by atoms with Crippen molar-refractivity contribution in [2.24, 2.45) is 10.9 Å². The number of carbonyl (C=O) groups excluding carboxylic acids is 1. The van der Waals surface area contributed by atoms with E-state index in [0.29, 0.717) is 22.8 Å². The molecule has 0 radical (unpaired) electrons. The van der Waals surface area contributed by atoms with Gasteiger partial charge in [-0.3, -0.25) is 0 Å². The maximum absolute atomic E-state index is 11.7. The second kappa shape index (κ2) is 8.58. The predicted octanol–water partition coefficient (Wildman–Crippen LogP) is 2.25. The van der Waals surface area contributed by atoms with Crippen LogP contribution in [-0.2, 0) is 9.63 Å². The third-order valence-electron chi connectivity index (χ3n) is 3.36. The number of carbonyl (C=O) groups is 1. The van der Waals surface area contributed by atoms with Crippen LogP contribution in [0.1, 0.15) is 11.1 Å². The molecule has 0 aliphatic carbocycles. The molecule has 0 fully saturated rings. The van der Waals surface area contributed by atoms with Crippen molar-refractivity contribution in [3.8, 4) is 17.2 Å². The van der Waals surface area contributed by atoms with Crippen LogP contribution in [0.15, 0.2) is 47.6 Å². The minimum absolute atomic E-state index is 0.0326. The lowest BCUT2D eigenvalue weighted by atomic mass is 10.2. The van der Waals surface area contributed by atoms with Gasteiger partial charge in [0.15, 0.2) is 23.9 Å². The van der Waals surface area contributed by atoms with Gasteiger partial charge in [-0.2, -0.15) is 0 Å². The predicted molar refractivity (Wildman–Crippen MR) is 93.0 cm³/mol. The van der Waals surface area contributed by atoms with E-state index in [0.717, 1.165) is 5.56 Å². The van der Waals surface area contributed by atoms with Crippen molar-refractivity contribution < 1.29 is 23.8 Å². The van der Waals surface area contributed by atoms with Crippen LogP contribution in [0.25, 0.3) is 0 Å². The van der Waals surface area contributed by atoms with Gasteiger partial charge in [-0.15, -0.1) is 0 Å². The van der Waals surface area contributed by atoms with Crippen molar-refractivity contribution in [1.29, 1.82) is 0 Å². The number of methoxy groups -OCH3 is 2. The highest BCUT2D eigenvalue weighted by Gasteiger charge is 2.10. The molecule has 0 saturated heterocycles. The highest BCUT2D eigenvalue weighted by Crippen LogP contribution is 2.27. The van der Waals surface area contributed by atoms with Crippen LogP contribution in [-0.4, -0.2) is 32.6 Å². The molecule has 2 aromatic rings. The smallest absolute Gasteiger partial charge is 0.372 e. The summed E-state index contributed by atoms with van der Waals surface area (Å²) in [6, 6.07) is 12.3. The Labute approximate surface area is 145 Å². The SMILES string of the molecule is COc1ccc(/C(N)=N\OC(=O)COc2ccccc2C)cc1OC. The molecule has 0 amide bonds. The summed E-state index contributed by atoms with van der Waals surface area (Å²) in [4.78, 5) is 16.5. The Kier molecular flexibility index (Phi) is 6.22. The summed E-state index contributed by atoms with van der Waals surface area (Å²) in [5, 5.41) is 3.63. The summed E-state index contributed by atoms with van der Waals surface area (Å²) in [5.41, 5.74) is 7.28. The molecule has 0 spiro atoms. The first-order valence-corrected chi connectivity index (χ1v) is 7.49. The van der Waals surface area contributed by atoms with Crippen LogP contribution >= 0.6 is 0 Å². The van der Waals surface area contributed by atoms with Crippen molar-refractivity contribution >= 4 is 11.8 Å². The lowest BCUT2D eigenvalue weighted by molar-refractivity contribution is -0.146. The second-order valence-electron chi connectivity index (χ2n) is 5.06. The normalized spacial score (nSPS) is 10.9. The minimum Gasteiger partial charge on any atom is -0.493 e. The van der Waals surface area contributed by atoms with Crippen molar-refractivity contribution in [2.75, 3.05) is 20.8 Å². The van der Waals surface area contributed by atoms with Gasteiger partial charge in [0.1, 0.15) is 5.75 Å². The molecule has 7 heteroatoms. The molecule has 2 rings (SSSR count). The van der Waals surface area contributed by atoms with Crippen molar-refractivity contribution in [2.45, 2.75) is 6.92 Å². The third-order valence-corrected chi connectivity index (χ3v) is 3.36. The second-order valence-corrected chi connectivity index (χ2v) is 5.06. The first-order chi connectivity index (χ1) is 12.0. The first-order valence-electron chi connectivity index (χ1n) is 7.49. The van der Waals surface area contributed by atoms with Crippen molar-refractivity contribution in [1.82, 2.24) is 0 Å². The Bertz CT molecular complexity index is 774. The number of nitrogens with zero attached hydrogens (tertiary/aromatic N) is 1. The fourth-order valence-electron chi connectivity index (χ4n) is 2.03. The summed E-state index contributed by atoms with van der Waals surface area (Å²) in [6.45, 7) is 1.61. The van der Waals surface area contributed by atoms with Gasteiger partial charge in [0.2, 0.25) is 0 Å². The van der Waals surface area contributed by atoms with Gasteiger partial charge in [-0.1, -0.05) is 23.4 Å². The Balaban J connectivity index is 1.96. The molecule has 0 aliphatic heterocycles. The highest BCUT2D eigenvalue weighted by atomic mass is 16.7. The van der Waals surface area contributed by atoms with Crippen LogP contribution in [0, 0.1) is 6.92 Å². The summed E-state index contributed by atoms with van der Waals surface area (Å²) in [7, 11) is 3.04. The monoisotopic (exact) mass is 344 g/mol. The molecule has 0 heterocycles. The maximum Gasteiger partial charge on any atom is 0.372 e. The zero-order valence-corrected chi connectivity index (χ0v) is 14.3. The molecule has 132 valence electrons. The molecule has 0 bridgehead atoms. The van der Waals surface area contributed by atoms with Gasteiger partial charge in [0.25, 0.3) is 0 Å². The summed E-state index contributed by atoms with van der Waals surface area (Å²) < 4.78 is 15.7. The Morgan fingerprint density at radius 3 is 2.44 bits per heavy atom. The largest absolute Gasteiger partial charge is 0.493 e. The van der Waals surface area contributed by atoms with E-state index in [1.807, 2.05) is 25.1 Å². The fraction of sp³-hybridized carbons (Fsp3) is 0.222. The number of rotatable bonds is 7. The molecular formula is C18H20N2O5. The highest BCUT2D eigenvalue weighted by molar-refractivity contribution is 5.98. The zero-order valence-electron chi connectivity index (χ0n) is 14.3. The first kappa shape index (κ1) is 18.1. The minimum atomic E-state index is -0.660. The zero-order chi connectivity index (χ0) is 18.2. The number of ether oxygens (including phenoxy) is 3. The molecule has 2 N–H and O–H groups in total. The number of benzene rings is 2.